The molecule has 0 aromatic heterocycles. The van der Waals surface area contributed by atoms with Crippen LogP contribution in [0.1, 0.15) is 46.1 Å². The first-order valence-corrected chi connectivity index (χ1v) is 13.8. The number of carbonyl (C=O) groups is 3. The molecule has 222 valence electrons. The van der Waals surface area contributed by atoms with Crippen LogP contribution in [0.2, 0.25) is 0 Å². The molecule has 40 heavy (non-hydrogen) atoms. The van der Waals surface area contributed by atoms with E-state index >= 15 is 0 Å². The number of halogens is 1. The van der Waals surface area contributed by atoms with Crippen LogP contribution in [0.4, 0.5) is 0 Å². The second-order valence-corrected chi connectivity index (χ2v) is 11.3. The van der Waals surface area contributed by atoms with Crippen LogP contribution in [0.25, 0.3) is 10.8 Å². The van der Waals surface area contributed by atoms with E-state index in [0.29, 0.717) is 18.9 Å². The molecule has 10 heteroatoms. The Hall–Kier alpha value is -2.72. The van der Waals surface area contributed by atoms with E-state index < -0.39 is 29.7 Å². The van der Waals surface area contributed by atoms with Crippen molar-refractivity contribution in [3.63, 3.8) is 0 Å². The van der Waals surface area contributed by atoms with E-state index in [4.69, 9.17) is 4.74 Å². The summed E-state index contributed by atoms with van der Waals surface area (Å²) < 4.78 is 5.32. The Kier molecular flexibility index (Phi) is 12.8. The van der Waals surface area contributed by atoms with E-state index in [9.17, 15) is 19.5 Å². The molecule has 0 saturated carbocycles. The van der Waals surface area contributed by atoms with Gasteiger partial charge in [-0.25, -0.2) is 0 Å². The summed E-state index contributed by atoms with van der Waals surface area (Å²) in [6, 6.07) is 12.2. The van der Waals surface area contributed by atoms with Crippen LogP contribution in [0.3, 0.4) is 0 Å². The number of carbonyl (C=O) groups excluding carboxylic acids is 3. The quantitative estimate of drug-likeness (QED) is 0.272. The Balaban J connectivity index is 0.00000560. The normalized spacial score (nSPS) is 17.9. The van der Waals surface area contributed by atoms with Gasteiger partial charge in [-0.05, 0) is 55.6 Å². The Labute approximate surface area is 243 Å². The van der Waals surface area contributed by atoms with E-state index in [-0.39, 0.29) is 37.2 Å². The number of rotatable bonds is 13. The fourth-order valence-electron chi connectivity index (χ4n) is 4.74. The summed E-state index contributed by atoms with van der Waals surface area (Å²) in [5.74, 6) is -0.581. The number of hydrogen-bond donors (Lipinski definition) is 4. The van der Waals surface area contributed by atoms with E-state index in [0.717, 1.165) is 35.8 Å². The van der Waals surface area contributed by atoms with Gasteiger partial charge in [-0.3, -0.25) is 14.4 Å². The number of amides is 3. The third-order valence-electron chi connectivity index (χ3n) is 7.14. The van der Waals surface area contributed by atoms with Gasteiger partial charge in [0.2, 0.25) is 11.8 Å². The van der Waals surface area contributed by atoms with Gasteiger partial charge in [0.15, 0.2) is 0 Å². The van der Waals surface area contributed by atoms with Gasteiger partial charge in [-0.15, -0.1) is 12.4 Å². The van der Waals surface area contributed by atoms with E-state index in [1.165, 1.54) is 12.0 Å². The van der Waals surface area contributed by atoms with Crippen molar-refractivity contribution in [2.24, 2.45) is 5.92 Å². The average Bonchev–Trinajstić information content (AvgIpc) is 3.30. The van der Waals surface area contributed by atoms with Gasteiger partial charge in [0, 0.05) is 33.0 Å². The maximum atomic E-state index is 13.5. The first-order chi connectivity index (χ1) is 18.5. The highest BCUT2D eigenvalue weighted by Crippen LogP contribution is 2.24. The Morgan fingerprint density at radius 3 is 2.48 bits per heavy atom. The van der Waals surface area contributed by atoms with Crippen molar-refractivity contribution < 1.29 is 24.2 Å². The fourth-order valence-corrected chi connectivity index (χ4v) is 4.74. The number of nitrogens with zero attached hydrogens (tertiary/aromatic N) is 1. The molecule has 1 aliphatic heterocycles. The summed E-state index contributed by atoms with van der Waals surface area (Å²) in [5, 5.41) is 21.6. The Bertz CT molecular complexity index is 1140. The highest BCUT2D eigenvalue weighted by atomic mass is 35.5. The van der Waals surface area contributed by atoms with Crippen LogP contribution >= 0.6 is 12.4 Å². The highest BCUT2D eigenvalue weighted by molar-refractivity contribution is 5.94. The topological polar surface area (TPSA) is 120 Å². The number of likely N-dealkylation sites (tertiary alicyclic amines) is 1. The minimum absolute atomic E-state index is 0. The van der Waals surface area contributed by atoms with Crippen LogP contribution in [0.15, 0.2) is 42.5 Å². The molecule has 1 unspecified atom stereocenters. The van der Waals surface area contributed by atoms with Gasteiger partial charge in [0.1, 0.15) is 17.7 Å². The lowest BCUT2D eigenvalue weighted by Crippen LogP contribution is -2.56. The van der Waals surface area contributed by atoms with Gasteiger partial charge in [-0.1, -0.05) is 56.3 Å². The number of hydrogen-bond acceptors (Lipinski definition) is 6. The lowest BCUT2D eigenvalue weighted by molar-refractivity contribution is -0.154. The molecule has 1 heterocycles. The van der Waals surface area contributed by atoms with Crippen molar-refractivity contribution in [2.75, 3.05) is 33.3 Å². The molecule has 1 saturated heterocycles. The molecule has 2 aromatic carbocycles. The van der Waals surface area contributed by atoms with Gasteiger partial charge in [-0.2, -0.15) is 0 Å². The van der Waals surface area contributed by atoms with Crippen molar-refractivity contribution >= 4 is 40.9 Å². The first-order valence-electron chi connectivity index (χ1n) is 13.8. The number of nitrogens with one attached hydrogen (secondary N) is 3. The largest absolute Gasteiger partial charge is 0.391 e. The zero-order chi connectivity index (χ0) is 28.6. The molecule has 4 N–H and O–H groups in total. The van der Waals surface area contributed by atoms with E-state index in [1.807, 2.05) is 42.5 Å². The molecule has 0 radical (unpaired) electrons. The maximum absolute atomic E-state index is 13.5. The lowest BCUT2D eigenvalue weighted by atomic mass is 10.0. The van der Waals surface area contributed by atoms with Crippen molar-refractivity contribution in [3.8, 4) is 0 Å². The number of benzene rings is 2. The standard InChI is InChI=1S/C30H44N4O5.ClH/c1-20(2)18-31-13-8-14-32-27(36)25(16-21-11-12-22-9-6-7-10-23(22)15-21)33-28(37)26-17-24(35)19-34(26)29(38)30(3,4)39-5;/h6-7,9-12,15,20,24-26,31,35H,8,13-14,16-19H2,1-5H3,(H,32,36)(H,33,37);1H/t24-,25-,26?;/m1./s1. The van der Waals surface area contributed by atoms with Gasteiger partial charge < -0.3 is 30.7 Å². The van der Waals surface area contributed by atoms with Crippen LogP contribution in [0, 0.1) is 5.92 Å². The number of aliphatic hydroxyl groups excluding tert-OH is 1. The van der Waals surface area contributed by atoms with Crippen LogP contribution in [-0.4, -0.2) is 84.8 Å². The minimum Gasteiger partial charge on any atom is -0.391 e. The van der Waals surface area contributed by atoms with Crippen molar-refractivity contribution in [1.29, 1.82) is 0 Å². The number of ether oxygens (including phenoxy) is 1. The number of fused-ring (bicyclic) bond motifs is 1. The summed E-state index contributed by atoms with van der Waals surface area (Å²) in [6.45, 7) is 9.75. The zero-order valence-corrected chi connectivity index (χ0v) is 25.1. The molecule has 0 aliphatic carbocycles. The summed E-state index contributed by atoms with van der Waals surface area (Å²) in [5.41, 5.74) is -0.235. The molecule has 0 spiro atoms. The number of methoxy groups -OCH3 is 1. The molecule has 3 rings (SSSR count). The fraction of sp³-hybridized carbons (Fsp3) is 0.567. The number of aliphatic hydroxyl groups is 1. The molecular formula is C30H45ClN4O5. The Morgan fingerprint density at radius 2 is 1.80 bits per heavy atom. The summed E-state index contributed by atoms with van der Waals surface area (Å²) >= 11 is 0. The third kappa shape index (κ3) is 9.16. The van der Waals surface area contributed by atoms with Crippen LogP contribution < -0.4 is 16.0 Å². The molecule has 1 fully saturated rings. The highest BCUT2D eigenvalue weighted by Gasteiger charge is 2.44. The second kappa shape index (κ2) is 15.3. The van der Waals surface area contributed by atoms with Crippen molar-refractivity contribution in [2.45, 2.75) is 70.7 Å². The molecule has 9 nitrogen and oxygen atoms in total. The average molecular weight is 577 g/mol. The van der Waals surface area contributed by atoms with Gasteiger partial charge >= 0.3 is 0 Å². The zero-order valence-electron chi connectivity index (χ0n) is 24.2. The molecule has 3 amide bonds. The summed E-state index contributed by atoms with van der Waals surface area (Å²) in [6.07, 6.45) is 0.325. The maximum Gasteiger partial charge on any atom is 0.254 e. The summed E-state index contributed by atoms with van der Waals surface area (Å²) in [7, 11) is 1.43. The van der Waals surface area contributed by atoms with Crippen molar-refractivity contribution in [1.82, 2.24) is 20.9 Å². The first kappa shape index (κ1) is 33.5. The van der Waals surface area contributed by atoms with Gasteiger partial charge in [0.05, 0.1) is 6.10 Å². The van der Waals surface area contributed by atoms with Crippen molar-refractivity contribution in [3.05, 3.63) is 48.0 Å². The smallest absolute Gasteiger partial charge is 0.254 e. The monoisotopic (exact) mass is 576 g/mol. The molecule has 0 bridgehead atoms. The SMILES string of the molecule is COC(C)(C)C(=O)N1C[C@H](O)CC1C(=O)N[C@H](Cc1ccc2ccccc2c1)C(=O)NCCCNCC(C)C.Cl. The predicted molar refractivity (Wildman–Crippen MR) is 159 cm³/mol. The van der Waals surface area contributed by atoms with Crippen LogP contribution in [0.5, 0.6) is 0 Å². The predicted octanol–water partition coefficient (Wildman–Crippen LogP) is 2.43. The number of β-amino-alcohol motifs (C(OH)–C–C–N with tert-alkyl or cyclic N) is 1. The van der Waals surface area contributed by atoms with Crippen LogP contribution in [-0.2, 0) is 25.5 Å². The molecular weight excluding hydrogens is 532 g/mol. The minimum atomic E-state index is -1.14. The third-order valence-corrected chi connectivity index (χ3v) is 7.14. The molecule has 1 aliphatic rings. The van der Waals surface area contributed by atoms with E-state index in [1.54, 1.807) is 13.8 Å². The Morgan fingerprint density at radius 1 is 1.10 bits per heavy atom. The van der Waals surface area contributed by atoms with Gasteiger partial charge in [0.25, 0.3) is 5.91 Å². The summed E-state index contributed by atoms with van der Waals surface area (Å²) in [4.78, 5) is 41.2. The lowest BCUT2D eigenvalue weighted by Gasteiger charge is -2.32. The second-order valence-electron chi connectivity index (χ2n) is 11.3. The van der Waals surface area contributed by atoms with E-state index in [2.05, 4.69) is 29.8 Å². The molecule has 3 atom stereocenters. The molecule has 2 aromatic rings.